The van der Waals surface area contributed by atoms with Crippen molar-refractivity contribution in [2.75, 3.05) is 0 Å². The Labute approximate surface area is 122 Å². The van der Waals surface area contributed by atoms with E-state index in [0.717, 1.165) is 0 Å². The molecule has 0 amide bonds. The lowest BCUT2D eigenvalue weighted by Gasteiger charge is -2.10. The van der Waals surface area contributed by atoms with Gasteiger partial charge in [0.1, 0.15) is 5.75 Å². The molecule has 0 unspecified atom stereocenters. The lowest BCUT2D eigenvalue weighted by molar-refractivity contribution is -0.385. The Morgan fingerprint density at radius 3 is 2.52 bits per heavy atom. The normalized spacial score (nSPS) is 12.0. The molecule has 0 bridgehead atoms. The standard InChI is InChI=1S/C15H16N2O4/c1-9-7-14(10(2)6-13(9)17(19)20)21-15-5-4-12(8-16-15)11(3)18/h4-8,11,18H,1-3H3/t11-/m1/s1. The molecule has 21 heavy (non-hydrogen) atoms. The fourth-order valence-electron chi connectivity index (χ4n) is 1.89. The van der Waals surface area contributed by atoms with Crippen LogP contribution in [-0.2, 0) is 0 Å². The molecule has 1 aromatic heterocycles. The molecule has 0 aliphatic rings. The number of aliphatic hydroxyl groups is 1. The zero-order valence-electron chi connectivity index (χ0n) is 12.0. The van der Waals surface area contributed by atoms with E-state index in [1.54, 1.807) is 39.0 Å². The molecular weight excluding hydrogens is 272 g/mol. The summed E-state index contributed by atoms with van der Waals surface area (Å²) in [6.45, 7) is 5.06. The lowest BCUT2D eigenvalue weighted by atomic mass is 10.1. The van der Waals surface area contributed by atoms with Crippen molar-refractivity contribution in [2.24, 2.45) is 0 Å². The molecule has 0 fully saturated rings. The van der Waals surface area contributed by atoms with Gasteiger partial charge in [-0.25, -0.2) is 4.98 Å². The number of hydrogen-bond donors (Lipinski definition) is 1. The number of benzene rings is 1. The van der Waals surface area contributed by atoms with E-state index in [9.17, 15) is 15.2 Å². The average Bonchev–Trinajstić information content (AvgIpc) is 2.42. The number of aromatic nitrogens is 1. The molecule has 2 rings (SSSR count). The van der Waals surface area contributed by atoms with Crippen molar-refractivity contribution in [1.82, 2.24) is 4.98 Å². The number of aliphatic hydroxyl groups excluding tert-OH is 1. The Balaban J connectivity index is 2.27. The highest BCUT2D eigenvalue weighted by molar-refractivity contribution is 5.50. The third kappa shape index (κ3) is 3.35. The largest absolute Gasteiger partial charge is 0.439 e. The van der Waals surface area contributed by atoms with Gasteiger partial charge in [0.05, 0.1) is 11.0 Å². The van der Waals surface area contributed by atoms with Crippen molar-refractivity contribution < 1.29 is 14.8 Å². The van der Waals surface area contributed by atoms with Crippen LogP contribution in [0.1, 0.15) is 29.7 Å². The molecule has 1 heterocycles. The number of nitro groups is 1. The van der Waals surface area contributed by atoms with Gasteiger partial charge in [-0.15, -0.1) is 0 Å². The van der Waals surface area contributed by atoms with E-state index >= 15 is 0 Å². The van der Waals surface area contributed by atoms with E-state index in [-0.39, 0.29) is 5.69 Å². The van der Waals surface area contributed by atoms with Crippen LogP contribution < -0.4 is 4.74 Å². The van der Waals surface area contributed by atoms with Gasteiger partial charge in [-0.2, -0.15) is 0 Å². The fraction of sp³-hybridized carbons (Fsp3) is 0.267. The van der Waals surface area contributed by atoms with Crippen LogP contribution in [0, 0.1) is 24.0 Å². The predicted molar refractivity (Wildman–Crippen MR) is 77.5 cm³/mol. The number of pyridine rings is 1. The molecule has 0 spiro atoms. The molecule has 1 N–H and O–H groups in total. The van der Waals surface area contributed by atoms with Crippen molar-refractivity contribution in [2.45, 2.75) is 26.9 Å². The minimum atomic E-state index is -0.588. The fourth-order valence-corrected chi connectivity index (χ4v) is 1.89. The first-order valence-electron chi connectivity index (χ1n) is 6.46. The maximum atomic E-state index is 10.9. The Kier molecular flexibility index (Phi) is 4.18. The van der Waals surface area contributed by atoms with Crippen molar-refractivity contribution in [3.63, 3.8) is 0 Å². The lowest BCUT2D eigenvalue weighted by Crippen LogP contribution is -1.97. The van der Waals surface area contributed by atoms with Gasteiger partial charge in [-0.3, -0.25) is 10.1 Å². The molecule has 0 aliphatic heterocycles. The highest BCUT2D eigenvalue weighted by atomic mass is 16.6. The molecule has 2 aromatic rings. The quantitative estimate of drug-likeness (QED) is 0.688. The first-order chi connectivity index (χ1) is 9.88. The zero-order chi connectivity index (χ0) is 15.6. The number of hydrogen-bond acceptors (Lipinski definition) is 5. The minimum absolute atomic E-state index is 0.0669. The second-order valence-electron chi connectivity index (χ2n) is 4.87. The van der Waals surface area contributed by atoms with Crippen LogP contribution in [0.5, 0.6) is 11.6 Å². The van der Waals surface area contributed by atoms with Gasteiger partial charge in [-0.05, 0) is 44.0 Å². The van der Waals surface area contributed by atoms with E-state index < -0.39 is 11.0 Å². The number of rotatable bonds is 4. The maximum Gasteiger partial charge on any atom is 0.272 e. The van der Waals surface area contributed by atoms with Gasteiger partial charge in [0, 0.05) is 23.9 Å². The van der Waals surface area contributed by atoms with Crippen molar-refractivity contribution in [3.8, 4) is 11.6 Å². The number of aryl methyl sites for hydroxylation is 2. The summed E-state index contributed by atoms with van der Waals surface area (Å²) >= 11 is 0. The first kappa shape index (κ1) is 14.9. The van der Waals surface area contributed by atoms with Crippen LogP contribution in [0.15, 0.2) is 30.5 Å². The second-order valence-corrected chi connectivity index (χ2v) is 4.87. The van der Waals surface area contributed by atoms with Crippen molar-refractivity contribution in [3.05, 3.63) is 57.3 Å². The smallest absolute Gasteiger partial charge is 0.272 e. The third-order valence-corrected chi connectivity index (χ3v) is 3.15. The van der Waals surface area contributed by atoms with Crippen molar-refractivity contribution >= 4 is 5.69 Å². The first-order valence-corrected chi connectivity index (χ1v) is 6.46. The van der Waals surface area contributed by atoms with Gasteiger partial charge < -0.3 is 9.84 Å². The monoisotopic (exact) mass is 288 g/mol. The van der Waals surface area contributed by atoms with E-state index in [2.05, 4.69) is 4.98 Å². The SMILES string of the molecule is Cc1cc([N+](=O)[O-])c(C)cc1Oc1ccc([C@@H](C)O)cn1. The highest BCUT2D eigenvalue weighted by Crippen LogP contribution is 2.30. The van der Waals surface area contributed by atoms with Crippen LogP contribution in [0.25, 0.3) is 0 Å². The molecule has 0 saturated carbocycles. The zero-order valence-corrected chi connectivity index (χ0v) is 12.0. The summed E-state index contributed by atoms with van der Waals surface area (Å²) in [7, 11) is 0. The second kappa shape index (κ2) is 5.88. The number of nitro benzene ring substituents is 1. The predicted octanol–water partition coefficient (Wildman–Crippen LogP) is 3.45. The molecule has 1 atom stereocenters. The third-order valence-electron chi connectivity index (χ3n) is 3.15. The Morgan fingerprint density at radius 1 is 1.29 bits per heavy atom. The summed E-state index contributed by atoms with van der Waals surface area (Å²) in [6.07, 6.45) is 0.947. The van der Waals surface area contributed by atoms with E-state index in [0.29, 0.717) is 28.3 Å². The minimum Gasteiger partial charge on any atom is -0.439 e. The van der Waals surface area contributed by atoms with Gasteiger partial charge in [0.15, 0.2) is 0 Å². The summed E-state index contributed by atoms with van der Waals surface area (Å²) < 4.78 is 5.64. The topological polar surface area (TPSA) is 85.5 Å². The van der Waals surface area contributed by atoms with Crippen molar-refractivity contribution in [1.29, 1.82) is 0 Å². The van der Waals surface area contributed by atoms with Crippen LogP contribution in [0.4, 0.5) is 5.69 Å². The molecule has 6 heteroatoms. The van der Waals surface area contributed by atoms with Gasteiger partial charge in [-0.1, -0.05) is 0 Å². The molecule has 1 aromatic carbocycles. The van der Waals surface area contributed by atoms with Crippen LogP contribution in [0.3, 0.4) is 0 Å². The Bertz CT molecular complexity index is 666. The summed E-state index contributed by atoms with van der Waals surface area (Å²) in [6, 6.07) is 6.48. The molecule has 6 nitrogen and oxygen atoms in total. The van der Waals surface area contributed by atoms with E-state index in [1.807, 2.05) is 0 Å². The average molecular weight is 288 g/mol. The molecule has 0 aliphatic carbocycles. The molecule has 0 radical (unpaired) electrons. The van der Waals surface area contributed by atoms with Crippen LogP contribution in [-0.4, -0.2) is 15.0 Å². The summed E-state index contributed by atoms with van der Waals surface area (Å²) in [5.41, 5.74) is 1.95. The molecule has 0 saturated heterocycles. The van der Waals surface area contributed by atoms with Gasteiger partial charge >= 0.3 is 0 Å². The maximum absolute atomic E-state index is 10.9. The Morgan fingerprint density at radius 2 is 2.00 bits per heavy atom. The van der Waals surface area contributed by atoms with E-state index in [4.69, 9.17) is 4.74 Å². The van der Waals surface area contributed by atoms with Gasteiger partial charge in [0.2, 0.25) is 5.88 Å². The molecular formula is C15H16N2O4. The Hall–Kier alpha value is -2.47. The number of ether oxygens (including phenoxy) is 1. The van der Waals surface area contributed by atoms with Crippen LogP contribution >= 0.6 is 0 Å². The van der Waals surface area contributed by atoms with E-state index in [1.165, 1.54) is 12.3 Å². The van der Waals surface area contributed by atoms with Crippen LogP contribution in [0.2, 0.25) is 0 Å². The van der Waals surface area contributed by atoms with Gasteiger partial charge in [0.25, 0.3) is 5.69 Å². The number of nitrogens with zero attached hydrogens (tertiary/aromatic N) is 2. The summed E-state index contributed by atoms with van der Waals surface area (Å²) in [4.78, 5) is 14.6. The highest BCUT2D eigenvalue weighted by Gasteiger charge is 2.14. The summed E-state index contributed by atoms with van der Waals surface area (Å²) in [5, 5.41) is 20.3. The molecule has 110 valence electrons. The summed E-state index contributed by atoms with van der Waals surface area (Å²) in [5.74, 6) is 0.895.